The first-order chi connectivity index (χ1) is 9.60. The Kier molecular flexibility index (Phi) is 5.05. The molecule has 0 heterocycles. The fourth-order valence-corrected chi connectivity index (χ4v) is 2.49. The molecule has 0 atom stereocenters. The molecule has 0 radical (unpaired) electrons. The fourth-order valence-electron chi connectivity index (χ4n) is 2.16. The molecule has 0 saturated heterocycles. The zero-order chi connectivity index (χ0) is 14.5. The van der Waals surface area contributed by atoms with E-state index in [0.717, 1.165) is 40.7 Å². The van der Waals surface area contributed by atoms with Crippen molar-refractivity contribution in [1.82, 2.24) is 5.32 Å². The highest BCUT2D eigenvalue weighted by molar-refractivity contribution is 6.30. The zero-order valence-electron chi connectivity index (χ0n) is 12.2. The minimum Gasteiger partial charge on any atom is -0.457 e. The molecule has 0 aliphatic carbocycles. The first-order valence-corrected chi connectivity index (χ1v) is 7.22. The molecule has 0 bridgehead atoms. The second-order valence-electron chi connectivity index (χ2n) is 4.90. The molecule has 0 amide bonds. The molecule has 0 aliphatic rings. The van der Waals surface area contributed by atoms with Crippen LogP contribution in [0.2, 0.25) is 5.02 Å². The van der Waals surface area contributed by atoms with Gasteiger partial charge in [-0.1, -0.05) is 30.7 Å². The summed E-state index contributed by atoms with van der Waals surface area (Å²) in [6, 6.07) is 12.0. The highest BCUT2D eigenvalue weighted by Gasteiger charge is 2.07. The molecule has 1 N–H and O–H groups in total. The molecule has 0 unspecified atom stereocenters. The summed E-state index contributed by atoms with van der Waals surface area (Å²) in [6.07, 6.45) is 0. The second-order valence-corrected chi connectivity index (χ2v) is 5.33. The Hall–Kier alpha value is -1.51. The van der Waals surface area contributed by atoms with E-state index in [0.29, 0.717) is 0 Å². The lowest BCUT2D eigenvalue weighted by molar-refractivity contribution is 0.474. The van der Waals surface area contributed by atoms with E-state index in [1.54, 1.807) is 0 Å². The molecule has 0 aromatic heterocycles. The van der Waals surface area contributed by atoms with Gasteiger partial charge < -0.3 is 10.1 Å². The molecule has 0 aliphatic heterocycles. The van der Waals surface area contributed by atoms with Gasteiger partial charge in [-0.3, -0.25) is 0 Å². The summed E-state index contributed by atoms with van der Waals surface area (Å²) >= 11 is 6.04. The van der Waals surface area contributed by atoms with E-state index in [9.17, 15) is 0 Å². The highest BCUT2D eigenvalue weighted by atomic mass is 35.5. The average Bonchev–Trinajstić information content (AvgIpc) is 2.41. The Labute approximate surface area is 125 Å². The summed E-state index contributed by atoms with van der Waals surface area (Å²) in [5.74, 6) is 1.74. The number of aryl methyl sites for hydroxylation is 2. The first kappa shape index (κ1) is 14.9. The van der Waals surface area contributed by atoms with E-state index in [4.69, 9.17) is 16.3 Å². The zero-order valence-corrected chi connectivity index (χ0v) is 12.9. The van der Waals surface area contributed by atoms with Crippen molar-refractivity contribution in [2.75, 3.05) is 6.54 Å². The summed E-state index contributed by atoms with van der Waals surface area (Å²) in [4.78, 5) is 0. The maximum atomic E-state index is 6.04. The molecule has 2 aromatic carbocycles. The highest BCUT2D eigenvalue weighted by Crippen LogP contribution is 2.31. The van der Waals surface area contributed by atoms with Crippen LogP contribution in [0.25, 0.3) is 0 Å². The fraction of sp³-hybridized carbons (Fsp3) is 0.294. The smallest absolute Gasteiger partial charge is 0.133 e. The third kappa shape index (κ3) is 3.75. The maximum Gasteiger partial charge on any atom is 0.133 e. The molecule has 2 aromatic rings. The number of rotatable bonds is 5. The number of hydrogen-bond donors (Lipinski definition) is 1. The van der Waals surface area contributed by atoms with E-state index in [-0.39, 0.29) is 0 Å². The molecule has 20 heavy (non-hydrogen) atoms. The summed E-state index contributed by atoms with van der Waals surface area (Å²) in [7, 11) is 0. The van der Waals surface area contributed by atoms with Gasteiger partial charge in [-0.15, -0.1) is 0 Å². The lowest BCUT2D eigenvalue weighted by Gasteiger charge is -2.13. The van der Waals surface area contributed by atoms with E-state index < -0.39 is 0 Å². The van der Waals surface area contributed by atoms with Crippen molar-refractivity contribution in [2.24, 2.45) is 0 Å². The molecule has 0 spiro atoms. The summed E-state index contributed by atoms with van der Waals surface area (Å²) in [5.41, 5.74) is 3.31. The Morgan fingerprint density at radius 3 is 2.45 bits per heavy atom. The molecule has 0 fully saturated rings. The molecule has 0 saturated carbocycles. The minimum atomic E-state index is 0.744. The van der Waals surface area contributed by atoms with Crippen LogP contribution in [0.15, 0.2) is 36.4 Å². The van der Waals surface area contributed by atoms with Crippen molar-refractivity contribution < 1.29 is 4.74 Å². The number of nitrogens with one attached hydrogen (secondary N) is 1. The van der Waals surface area contributed by atoms with Gasteiger partial charge in [-0.25, -0.2) is 0 Å². The van der Waals surface area contributed by atoms with Crippen LogP contribution in [-0.2, 0) is 6.54 Å². The molecule has 3 heteroatoms. The van der Waals surface area contributed by atoms with Gasteiger partial charge in [0.1, 0.15) is 11.5 Å². The van der Waals surface area contributed by atoms with Gasteiger partial charge in [0.15, 0.2) is 0 Å². The normalized spacial score (nSPS) is 10.6. The maximum absolute atomic E-state index is 6.04. The van der Waals surface area contributed by atoms with Crippen LogP contribution in [0.4, 0.5) is 0 Å². The number of benzene rings is 2. The first-order valence-electron chi connectivity index (χ1n) is 6.84. The molecular weight excluding hydrogens is 270 g/mol. The van der Waals surface area contributed by atoms with E-state index in [1.807, 2.05) is 38.1 Å². The van der Waals surface area contributed by atoms with E-state index in [2.05, 4.69) is 24.4 Å². The number of hydrogen-bond acceptors (Lipinski definition) is 2. The third-order valence-electron chi connectivity index (χ3n) is 3.12. The Morgan fingerprint density at radius 1 is 1.10 bits per heavy atom. The van der Waals surface area contributed by atoms with Crippen LogP contribution in [0.5, 0.6) is 11.5 Å². The Morgan fingerprint density at radius 2 is 1.80 bits per heavy atom. The predicted molar refractivity (Wildman–Crippen MR) is 84.8 cm³/mol. The van der Waals surface area contributed by atoms with Gasteiger partial charge in [0, 0.05) is 11.6 Å². The van der Waals surface area contributed by atoms with Crippen LogP contribution in [-0.4, -0.2) is 6.54 Å². The lowest BCUT2D eigenvalue weighted by Crippen LogP contribution is -2.11. The van der Waals surface area contributed by atoms with Gasteiger partial charge in [0.2, 0.25) is 0 Å². The van der Waals surface area contributed by atoms with E-state index >= 15 is 0 Å². The van der Waals surface area contributed by atoms with Crippen LogP contribution >= 0.6 is 11.6 Å². The molecular formula is C17H20ClNO. The standard InChI is InChI=1S/C17H20ClNO/c1-4-19-11-14-6-5-7-16(10-14)20-17-12(2)8-15(18)9-13(17)3/h5-10,19H,4,11H2,1-3H3. The van der Waals surface area contributed by atoms with Gasteiger partial charge >= 0.3 is 0 Å². The van der Waals surface area contributed by atoms with Crippen LogP contribution in [0, 0.1) is 13.8 Å². The van der Waals surface area contributed by atoms with Crippen LogP contribution in [0.1, 0.15) is 23.6 Å². The molecule has 2 nitrogen and oxygen atoms in total. The van der Waals surface area contributed by atoms with Gasteiger partial charge in [-0.2, -0.15) is 0 Å². The van der Waals surface area contributed by atoms with Gasteiger partial charge in [0.25, 0.3) is 0 Å². The second kappa shape index (κ2) is 6.78. The SMILES string of the molecule is CCNCc1cccc(Oc2c(C)cc(Cl)cc2C)c1. The third-order valence-corrected chi connectivity index (χ3v) is 3.34. The summed E-state index contributed by atoms with van der Waals surface area (Å²) < 4.78 is 6.03. The monoisotopic (exact) mass is 289 g/mol. The largest absolute Gasteiger partial charge is 0.457 e. The summed E-state index contributed by atoms with van der Waals surface area (Å²) in [5, 5.41) is 4.06. The topological polar surface area (TPSA) is 21.3 Å². The van der Waals surface area contributed by atoms with Crippen molar-refractivity contribution in [3.63, 3.8) is 0 Å². The van der Waals surface area contributed by atoms with Crippen LogP contribution < -0.4 is 10.1 Å². The van der Waals surface area contributed by atoms with Gasteiger partial charge in [0.05, 0.1) is 0 Å². The number of halogens is 1. The number of ether oxygens (including phenoxy) is 1. The van der Waals surface area contributed by atoms with Crippen molar-refractivity contribution in [2.45, 2.75) is 27.3 Å². The van der Waals surface area contributed by atoms with Crippen molar-refractivity contribution in [1.29, 1.82) is 0 Å². The van der Waals surface area contributed by atoms with Crippen LogP contribution in [0.3, 0.4) is 0 Å². The average molecular weight is 290 g/mol. The van der Waals surface area contributed by atoms with Crippen molar-refractivity contribution >= 4 is 11.6 Å². The predicted octanol–water partition coefficient (Wildman–Crippen LogP) is 4.86. The van der Waals surface area contributed by atoms with Crippen molar-refractivity contribution in [3.05, 3.63) is 58.1 Å². The van der Waals surface area contributed by atoms with Gasteiger partial charge in [-0.05, 0) is 61.3 Å². The van der Waals surface area contributed by atoms with E-state index in [1.165, 1.54) is 5.56 Å². The Balaban J connectivity index is 2.22. The molecule has 2 rings (SSSR count). The minimum absolute atomic E-state index is 0.744. The van der Waals surface area contributed by atoms with Crippen molar-refractivity contribution in [3.8, 4) is 11.5 Å². The quantitative estimate of drug-likeness (QED) is 0.849. The summed E-state index contributed by atoms with van der Waals surface area (Å²) in [6.45, 7) is 7.93. The lowest BCUT2D eigenvalue weighted by atomic mass is 10.1. The Bertz CT molecular complexity index is 572. The molecule has 106 valence electrons.